The minimum atomic E-state index is -1.63. The number of anilines is 1. The molecule has 29 heavy (non-hydrogen) atoms. The first-order chi connectivity index (χ1) is 13.8. The van der Waals surface area contributed by atoms with Crippen LogP contribution in [0.25, 0.3) is 11.3 Å². The van der Waals surface area contributed by atoms with E-state index >= 15 is 0 Å². The number of nitrogen functional groups attached to an aromatic ring is 1. The van der Waals surface area contributed by atoms with E-state index in [0.717, 1.165) is 0 Å². The van der Waals surface area contributed by atoms with E-state index in [4.69, 9.17) is 20.6 Å². The van der Waals surface area contributed by atoms with Crippen molar-refractivity contribution in [2.75, 3.05) is 18.9 Å². The molecule has 9 nitrogen and oxygen atoms in total. The zero-order chi connectivity index (χ0) is 20.9. The summed E-state index contributed by atoms with van der Waals surface area (Å²) < 4.78 is 10.8. The number of hydrogen-bond donors (Lipinski definition) is 2. The number of carbonyl (C=O) groups excluding carboxylic acids is 3. The first-order valence-electron chi connectivity index (χ1n) is 8.80. The Morgan fingerprint density at radius 2 is 2.10 bits per heavy atom. The molecule has 0 saturated heterocycles. The number of carbonyl (C=O) groups is 3. The van der Waals surface area contributed by atoms with E-state index in [0.29, 0.717) is 16.9 Å². The van der Waals surface area contributed by atoms with Gasteiger partial charge in [-0.15, -0.1) is 0 Å². The number of fused-ring (bicyclic) bond motifs is 5. The van der Waals surface area contributed by atoms with Gasteiger partial charge in [0.05, 0.1) is 5.57 Å². The van der Waals surface area contributed by atoms with Gasteiger partial charge in [0.25, 0.3) is 6.01 Å². The van der Waals surface area contributed by atoms with Gasteiger partial charge in [-0.25, -0.2) is 4.79 Å². The van der Waals surface area contributed by atoms with Gasteiger partial charge in [0, 0.05) is 11.3 Å². The minimum absolute atomic E-state index is 0.0464. The summed E-state index contributed by atoms with van der Waals surface area (Å²) in [4.78, 5) is 43.8. The first kappa shape index (κ1) is 18.5. The van der Waals surface area contributed by atoms with Crippen molar-refractivity contribution < 1.29 is 23.5 Å². The van der Waals surface area contributed by atoms with Gasteiger partial charge >= 0.3 is 5.97 Å². The number of allylic oxidation sites excluding steroid dienone is 1. The SMILES string of the molecule is C=CCOC(=O)C1=C(C)N(CC(N)=O)C(=O)C12c1ccccc1-c1oc(N)nc12. The summed E-state index contributed by atoms with van der Waals surface area (Å²) in [5, 5.41) is 0. The van der Waals surface area contributed by atoms with Crippen LogP contribution in [0.15, 0.2) is 52.6 Å². The predicted molar refractivity (Wildman–Crippen MR) is 102 cm³/mol. The van der Waals surface area contributed by atoms with Crippen molar-refractivity contribution in [1.82, 2.24) is 9.88 Å². The third-order valence-corrected chi connectivity index (χ3v) is 5.13. The molecule has 4 rings (SSSR count). The molecule has 2 aliphatic rings. The second-order valence-electron chi connectivity index (χ2n) is 6.73. The second-order valence-corrected chi connectivity index (χ2v) is 6.73. The van der Waals surface area contributed by atoms with Crippen LogP contribution < -0.4 is 11.5 Å². The number of hydrogen-bond acceptors (Lipinski definition) is 7. The molecule has 1 aliphatic heterocycles. The highest BCUT2D eigenvalue weighted by Gasteiger charge is 2.63. The van der Waals surface area contributed by atoms with Gasteiger partial charge in [-0.05, 0) is 12.5 Å². The lowest BCUT2D eigenvalue weighted by atomic mass is 9.74. The predicted octanol–water partition coefficient (Wildman–Crippen LogP) is 0.854. The molecule has 1 aromatic carbocycles. The molecule has 2 aromatic rings. The van der Waals surface area contributed by atoms with Crippen LogP contribution in [0.4, 0.5) is 6.01 Å². The lowest BCUT2D eigenvalue weighted by Crippen LogP contribution is -2.44. The molecule has 0 saturated carbocycles. The van der Waals surface area contributed by atoms with E-state index < -0.39 is 29.7 Å². The number of nitrogens with zero attached hydrogens (tertiary/aromatic N) is 2. The maximum Gasteiger partial charge on any atom is 0.337 e. The molecule has 1 aliphatic carbocycles. The maximum absolute atomic E-state index is 13.7. The van der Waals surface area contributed by atoms with Gasteiger partial charge in [-0.1, -0.05) is 36.9 Å². The third-order valence-electron chi connectivity index (χ3n) is 5.13. The maximum atomic E-state index is 13.7. The molecule has 0 radical (unpaired) electrons. The van der Waals surface area contributed by atoms with E-state index in [-0.39, 0.29) is 29.6 Å². The number of primary amides is 1. The molecule has 4 N–H and O–H groups in total. The molecule has 1 atom stereocenters. The Hall–Kier alpha value is -3.88. The zero-order valence-electron chi connectivity index (χ0n) is 15.6. The van der Waals surface area contributed by atoms with Crippen molar-refractivity contribution in [2.24, 2.45) is 5.73 Å². The summed E-state index contributed by atoms with van der Waals surface area (Å²) in [6, 6.07) is 6.83. The summed E-state index contributed by atoms with van der Waals surface area (Å²) >= 11 is 0. The number of ether oxygens (including phenoxy) is 1. The normalized spacial score (nSPS) is 19.5. The Kier molecular flexibility index (Phi) is 4.04. The highest BCUT2D eigenvalue weighted by molar-refractivity contribution is 6.14. The molecule has 148 valence electrons. The molecule has 0 fully saturated rings. The van der Waals surface area contributed by atoms with Crippen molar-refractivity contribution in [3.63, 3.8) is 0 Å². The molecule has 2 heterocycles. The van der Waals surface area contributed by atoms with E-state index in [1.165, 1.54) is 11.0 Å². The molecule has 9 heteroatoms. The molecular formula is C20H18N4O5. The Bertz CT molecular complexity index is 1120. The van der Waals surface area contributed by atoms with Crippen molar-refractivity contribution in [2.45, 2.75) is 12.3 Å². The highest BCUT2D eigenvalue weighted by Crippen LogP contribution is 2.57. The van der Waals surface area contributed by atoms with E-state index in [9.17, 15) is 14.4 Å². The Morgan fingerprint density at radius 3 is 2.79 bits per heavy atom. The quantitative estimate of drug-likeness (QED) is 0.565. The molecule has 2 amide bonds. The number of nitrogens with two attached hydrogens (primary N) is 2. The van der Waals surface area contributed by atoms with Gasteiger partial charge in [0.1, 0.15) is 18.8 Å². The van der Waals surface area contributed by atoms with E-state index in [1.54, 1.807) is 31.2 Å². The summed E-state index contributed by atoms with van der Waals surface area (Å²) in [6.45, 7) is 4.65. The third kappa shape index (κ3) is 2.33. The Balaban J connectivity index is 2.04. The van der Waals surface area contributed by atoms with Crippen LogP contribution in [0.1, 0.15) is 18.2 Å². The minimum Gasteiger partial charge on any atom is -0.458 e. The van der Waals surface area contributed by atoms with Crippen LogP contribution in [-0.4, -0.2) is 40.8 Å². The van der Waals surface area contributed by atoms with Crippen LogP contribution in [-0.2, 0) is 24.5 Å². The smallest absolute Gasteiger partial charge is 0.337 e. The van der Waals surface area contributed by atoms with Gasteiger partial charge in [-0.2, -0.15) is 4.98 Å². The second kappa shape index (κ2) is 6.33. The van der Waals surface area contributed by atoms with Crippen LogP contribution >= 0.6 is 0 Å². The van der Waals surface area contributed by atoms with Crippen LogP contribution in [0.2, 0.25) is 0 Å². The van der Waals surface area contributed by atoms with Crippen molar-refractivity contribution >= 4 is 23.8 Å². The average Bonchev–Trinajstić information content (AvgIpc) is 3.25. The van der Waals surface area contributed by atoms with Crippen LogP contribution in [0, 0.1) is 0 Å². The fraction of sp³-hybridized carbons (Fsp3) is 0.200. The lowest BCUT2D eigenvalue weighted by molar-refractivity contribution is -0.140. The number of esters is 1. The van der Waals surface area contributed by atoms with E-state index in [1.807, 2.05) is 0 Å². The van der Waals surface area contributed by atoms with Crippen molar-refractivity contribution in [3.05, 3.63) is 59.4 Å². The number of aromatic nitrogens is 1. The van der Waals surface area contributed by atoms with Crippen LogP contribution in [0.3, 0.4) is 0 Å². The first-order valence-corrected chi connectivity index (χ1v) is 8.80. The fourth-order valence-electron chi connectivity index (χ4n) is 4.10. The van der Waals surface area contributed by atoms with Crippen molar-refractivity contribution in [1.29, 1.82) is 0 Å². The summed E-state index contributed by atoms with van der Waals surface area (Å²) in [5.41, 5.74) is 11.1. The summed E-state index contributed by atoms with van der Waals surface area (Å²) in [6.07, 6.45) is 1.42. The molecular weight excluding hydrogens is 376 g/mol. The van der Waals surface area contributed by atoms with Gasteiger partial charge in [-0.3, -0.25) is 9.59 Å². The lowest BCUT2D eigenvalue weighted by Gasteiger charge is -2.26. The van der Waals surface area contributed by atoms with Gasteiger partial charge in [0.15, 0.2) is 11.2 Å². The standard InChI is InChI=1S/C20H18N4O5/c1-3-8-28-17(26)14-10(2)24(9-13(21)25)18(27)20(14)12-7-5-4-6-11(12)15-16(20)23-19(22)29-15/h3-7H,1,8-9H2,2H3,(H2,21,25)(H2,22,23). The monoisotopic (exact) mass is 394 g/mol. The van der Waals surface area contributed by atoms with E-state index in [2.05, 4.69) is 11.6 Å². The summed E-state index contributed by atoms with van der Waals surface area (Å²) in [5.74, 6) is -1.69. The molecule has 0 bridgehead atoms. The number of oxazole rings is 1. The molecule has 1 unspecified atom stereocenters. The zero-order valence-corrected chi connectivity index (χ0v) is 15.6. The Morgan fingerprint density at radius 1 is 1.38 bits per heavy atom. The van der Waals surface area contributed by atoms with Crippen molar-refractivity contribution in [3.8, 4) is 11.3 Å². The largest absolute Gasteiger partial charge is 0.458 e. The van der Waals surface area contributed by atoms with Gasteiger partial charge < -0.3 is 25.5 Å². The molecule has 1 spiro atoms. The highest BCUT2D eigenvalue weighted by atomic mass is 16.5. The Labute approximate surface area is 165 Å². The molecule has 1 aromatic heterocycles. The number of amides is 2. The average molecular weight is 394 g/mol. The number of rotatable bonds is 5. The number of benzene rings is 1. The fourth-order valence-corrected chi connectivity index (χ4v) is 4.10. The van der Waals surface area contributed by atoms with Crippen LogP contribution in [0.5, 0.6) is 0 Å². The summed E-state index contributed by atoms with van der Waals surface area (Å²) in [7, 11) is 0. The van der Waals surface area contributed by atoms with Gasteiger partial charge in [0.2, 0.25) is 11.8 Å². The topological polar surface area (TPSA) is 142 Å².